The molecule has 2 unspecified atom stereocenters. The van der Waals surface area contributed by atoms with Crippen molar-refractivity contribution in [1.29, 1.82) is 5.26 Å². The van der Waals surface area contributed by atoms with E-state index in [1.54, 1.807) is 0 Å². The van der Waals surface area contributed by atoms with Crippen molar-refractivity contribution in [2.24, 2.45) is 0 Å². The van der Waals surface area contributed by atoms with Crippen LogP contribution in [0.1, 0.15) is 42.9 Å². The van der Waals surface area contributed by atoms with Gasteiger partial charge in [-0.25, -0.2) is 0 Å². The Morgan fingerprint density at radius 3 is 2.67 bits per heavy atom. The summed E-state index contributed by atoms with van der Waals surface area (Å²) in [6, 6.07) is 6.08. The molecule has 0 amide bonds. The molecule has 1 aromatic rings. The maximum Gasteiger partial charge on any atom is 0.0994 e. The maximum atomic E-state index is 10.3. The molecule has 2 rings (SSSR count). The van der Waals surface area contributed by atoms with E-state index in [1.807, 2.05) is 32.9 Å². The van der Waals surface area contributed by atoms with Crippen LogP contribution in [-0.2, 0) is 0 Å². The lowest BCUT2D eigenvalue weighted by atomic mass is 9.98. The molecule has 96 valence electrons. The fraction of sp³-hybridized carbons (Fsp3) is 0.533. The van der Waals surface area contributed by atoms with Gasteiger partial charge < -0.3 is 10.4 Å². The van der Waals surface area contributed by atoms with Crippen LogP contribution in [0.2, 0.25) is 0 Å². The monoisotopic (exact) mass is 244 g/mol. The van der Waals surface area contributed by atoms with Gasteiger partial charge in [0, 0.05) is 5.69 Å². The van der Waals surface area contributed by atoms with Crippen LogP contribution in [0.4, 0.5) is 5.69 Å². The summed E-state index contributed by atoms with van der Waals surface area (Å²) in [6.45, 7) is 5.87. The summed E-state index contributed by atoms with van der Waals surface area (Å²) < 4.78 is 0. The van der Waals surface area contributed by atoms with E-state index in [1.165, 1.54) is 0 Å². The van der Waals surface area contributed by atoms with Crippen LogP contribution in [-0.4, -0.2) is 16.7 Å². The second-order valence-corrected chi connectivity index (χ2v) is 5.47. The molecule has 0 bridgehead atoms. The molecule has 18 heavy (non-hydrogen) atoms. The Labute approximate surface area is 108 Å². The van der Waals surface area contributed by atoms with Gasteiger partial charge >= 0.3 is 0 Å². The van der Waals surface area contributed by atoms with Crippen molar-refractivity contribution in [1.82, 2.24) is 0 Å². The first-order valence-corrected chi connectivity index (χ1v) is 6.45. The van der Waals surface area contributed by atoms with E-state index in [0.29, 0.717) is 0 Å². The van der Waals surface area contributed by atoms with E-state index in [9.17, 15) is 5.11 Å². The highest BCUT2D eigenvalue weighted by molar-refractivity contribution is 5.59. The van der Waals surface area contributed by atoms with Gasteiger partial charge in [0.25, 0.3) is 0 Å². The standard InChI is InChI=1S/C15H20N2O/c1-10-11(2)13(7-6-12(10)9-16)17-14-5-4-8-15(14,3)18/h6-7,14,17-18H,4-5,8H2,1-3H3. The van der Waals surface area contributed by atoms with Crippen molar-refractivity contribution in [2.75, 3.05) is 5.32 Å². The number of aliphatic hydroxyl groups is 1. The highest BCUT2D eigenvalue weighted by Crippen LogP contribution is 2.33. The van der Waals surface area contributed by atoms with Crippen LogP contribution in [0, 0.1) is 25.2 Å². The number of nitriles is 1. The van der Waals surface area contributed by atoms with Crippen LogP contribution in [0.25, 0.3) is 0 Å². The van der Waals surface area contributed by atoms with Crippen molar-refractivity contribution in [3.63, 3.8) is 0 Å². The predicted octanol–water partition coefficient (Wildman–Crippen LogP) is 2.89. The second kappa shape index (κ2) is 4.62. The van der Waals surface area contributed by atoms with E-state index >= 15 is 0 Å². The molecule has 1 saturated carbocycles. The van der Waals surface area contributed by atoms with Gasteiger partial charge in [0.2, 0.25) is 0 Å². The third-order valence-corrected chi connectivity index (χ3v) is 4.16. The maximum absolute atomic E-state index is 10.3. The summed E-state index contributed by atoms with van der Waals surface area (Å²) in [7, 11) is 0. The lowest BCUT2D eigenvalue weighted by Gasteiger charge is -2.28. The number of anilines is 1. The van der Waals surface area contributed by atoms with Crippen molar-refractivity contribution in [3.8, 4) is 6.07 Å². The van der Waals surface area contributed by atoms with Gasteiger partial charge in [-0.2, -0.15) is 5.26 Å². The van der Waals surface area contributed by atoms with E-state index in [2.05, 4.69) is 11.4 Å². The lowest BCUT2D eigenvalue weighted by molar-refractivity contribution is 0.0578. The molecular weight excluding hydrogens is 224 g/mol. The molecule has 1 aliphatic rings. The van der Waals surface area contributed by atoms with Crippen LogP contribution in [0.3, 0.4) is 0 Å². The number of benzene rings is 1. The smallest absolute Gasteiger partial charge is 0.0994 e. The minimum absolute atomic E-state index is 0.100. The average molecular weight is 244 g/mol. The van der Waals surface area contributed by atoms with E-state index in [0.717, 1.165) is 41.6 Å². The Bertz CT molecular complexity index is 500. The predicted molar refractivity (Wildman–Crippen MR) is 72.5 cm³/mol. The normalized spacial score (nSPS) is 26.9. The third kappa shape index (κ3) is 2.21. The number of hydrogen-bond acceptors (Lipinski definition) is 3. The van der Waals surface area contributed by atoms with Gasteiger partial charge in [0.15, 0.2) is 0 Å². The zero-order chi connectivity index (χ0) is 13.3. The topological polar surface area (TPSA) is 56.0 Å². The average Bonchev–Trinajstić information content (AvgIpc) is 2.65. The molecule has 2 N–H and O–H groups in total. The van der Waals surface area contributed by atoms with Crippen LogP contribution in [0.5, 0.6) is 0 Å². The molecule has 2 atom stereocenters. The first-order valence-electron chi connectivity index (χ1n) is 6.45. The Morgan fingerprint density at radius 1 is 1.39 bits per heavy atom. The van der Waals surface area contributed by atoms with Gasteiger partial charge in [-0.3, -0.25) is 0 Å². The van der Waals surface area contributed by atoms with E-state index < -0.39 is 5.60 Å². The molecule has 0 saturated heterocycles. The van der Waals surface area contributed by atoms with Crippen molar-refractivity contribution in [3.05, 3.63) is 28.8 Å². The molecule has 0 heterocycles. The summed E-state index contributed by atoms with van der Waals surface area (Å²) >= 11 is 0. The van der Waals surface area contributed by atoms with Crippen molar-refractivity contribution < 1.29 is 5.11 Å². The van der Waals surface area contributed by atoms with Gasteiger partial charge in [0.05, 0.1) is 23.3 Å². The zero-order valence-corrected chi connectivity index (χ0v) is 11.2. The van der Waals surface area contributed by atoms with Crippen molar-refractivity contribution in [2.45, 2.75) is 51.7 Å². The molecule has 1 fully saturated rings. The first-order chi connectivity index (χ1) is 8.45. The quantitative estimate of drug-likeness (QED) is 0.841. The van der Waals surface area contributed by atoms with Gasteiger partial charge in [-0.05, 0) is 63.3 Å². The van der Waals surface area contributed by atoms with Crippen LogP contribution in [0.15, 0.2) is 12.1 Å². The van der Waals surface area contributed by atoms with Crippen LogP contribution < -0.4 is 5.32 Å². The SMILES string of the molecule is Cc1c(C#N)ccc(NC2CCCC2(C)O)c1C. The zero-order valence-electron chi connectivity index (χ0n) is 11.2. The molecule has 0 spiro atoms. The summed E-state index contributed by atoms with van der Waals surface area (Å²) in [4.78, 5) is 0. The molecule has 0 aromatic heterocycles. The minimum atomic E-state index is -0.631. The second-order valence-electron chi connectivity index (χ2n) is 5.47. The summed E-state index contributed by atoms with van der Waals surface area (Å²) in [5, 5.41) is 22.7. The molecule has 1 aliphatic carbocycles. The molecule has 3 heteroatoms. The van der Waals surface area contributed by atoms with Crippen LogP contribution >= 0.6 is 0 Å². The number of nitrogens with one attached hydrogen (secondary N) is 1. The minimum Gasteiger partial charge on any atom is -0.388 e. The number of rotatable bonds is 2. The highest BCUT2D eigenvalue weighted by Gasteiger charge is 2.36. The van der Waals surface area contributed by atoms with Gasteiger partial charge in [-0.1, -0.05) is 0 Å². The fourth-order valence-electron chi connectivity index (χ4n) is 2.66. The number of nitrogens with zero attached hydrogens (tertiary/aromatic N) is 1. The Kier molecular flexibility index (Phi) is 3.32. The molecule has 3 nitrogen and oxygen atoms in total. The van der Waals surface area contributed by atoms with Gasteiger partial charge in [-0.15, -0.1) is 0 Å². The molecule has 0 aliphatic heterocycles. The fourth-order valence-corrected chi connectivity index (χ4v) is 2.66. The Morgan fingerprint density at radius 2 is 2.11 bits per heavy atom. The molecular formula is C15H20N2O. The summed E-state index contributed by atoms with van der Waals surface area (Å²) in [5.41, 5.74) is 3.22. The Hall–Kier alpha value is -1.53. The molecule has 1 aromatic carbocycles. The molecule has 0 radical (unpaired) electrons. The van der Waals surface area contributed by atoms with E-state index in [-0.39, 0.29) is 6.04 Å². The number of hydrogen-bond donors (Lipinski definition) is 2. The first kappa shape index (κ1) is 12.9. The summed E-state index contributed by atoms with van der Waals surface area (Å²) in [6.07, 6.45) is 2.89. The third-order valence-electron chi connectivity index (χ3n) is 4.16. The highest BCUT2D eigenvalue weighted by atomic mass is 16.3. The Balaban J connectivity index is 2.26. The summed E-state index contributed by atoms with van der Waals surface area (Å²) in [5.74, 6) is 0. The van der Waals surface area contributed by atoms with Crippen molar-refractivity contribution >= 4 is 5.69 Å². The van der Waals surface area contributed by atoms with E-state index in [4.69, 9.17) is 5.26 Å². The lowest BCUT2D eigenvalue weighted by Crippen LogP contribution is -2.39. The largest absolute Gasteiger partial charge is 0.388 e. The van der Waals surface area contributed by atoms with Gasteiger partial charge in [0.1, 0.15) is 0 Å².